The maximum Gasteiger partial charge on any atom is 0.307 e. The molecule has 0 fully saturated rings. The molecule has 0 bridgehead atoms. The molecule has 2 N–H and O–H groups in total. The second-order valence-electron chi connectivity index (χ2n) is 4.91. The zero-order valence-corrected chi connectivity index (χ0v) is 11.2. The predicted octanol–water partition coefficient (Wildman–Crippen LogP) is 1.06. The van der Waals surface area contributed by atoms with Crippen LogP contribution in [0.5, 0.6) is 0 Å². The van der Waals surface area contributed by atoms with Crippen molar-refractivity contribution in [2.75, 3.05) is 6.54 Å². The van der Waals surface area contributed by atoms with Gasteiger partial charge in [-0.2, -0.15) is 5.10 Å². The van der Waals surface area contributed by atoms with Crippen LogP contribution in [0.4, 0.5) is 0 Å². The molecule has 6 nitrogen and oxygen atoms in total. The van der Waals surface area contributed by atoms with E-state index in [1.165, 1.54) is 0 Å². The molecule has 1 heterocycles. The number of aliphatic carboxylic acids is 1. The molecule has 2 rings (SSSR count). The molecular formula is C14H19N3O3. The Morgan fingerprint density at radius 2 is 2.05 bits per heavy atom. The lowest BCUT2D eigenvalue weighted by Gasteiger charge is -2.24. The Morgan fingerprint density at radius 3 is 2.70 bits per heavy atom. The average Bonchev–Trinajstić information content (AvgIpc) is 2.96. The summed E-state index contributed by atoms with van der Waals surface area (Å²) in [4.78, 5) is 23.2. The summed E-state index contributed by atoms with van der Waals surface area (Å²) in [5.41, 5.74) is 0. The van der Waals surface area contributed by atoms with Gasteiger partial charge in [0.25, 0.3) is 0 Å². The van der Waals surface area contributed by atoms with E-state index in [4.69, 9.17) is 5.11 Å². The number of hydrogen-bond acceptors (Lipinski definition) is 3. The number of carboxylic acids is 1. The highest BCUT2D eigenvalue weighted by Gasteiger charge is 2.33. The van der Waals surface area contributed by atoms with Gasteiger partial charge in [-0.1, -0.05) is 12.2 Å². The van der Waals surface area contributed by atoms with E-state index in [1.807, 2.05) is 24.4 Å². The minimum atomic E-state index is -0.897. The van der Waals surface area contributed by atoms with E-state index in [2.05, 4.69) is 10.4 Å². The second-order valence-corrected chi connectivity index (χ2v) is 4.91. The van der Waals surface area contributed by atoms with Crippen molar-refractivity contribution in [1.29, 1.82) is 0 Å². The topological polar surface area (TPSA) is 84.2 Å². The lowest BCUT2D eigenvalue weighted by Crippen LogP contribution is -2.39. The van der Waals surface area contributed by atoms with Crippen molar-refractivity contribution in [3.05, 3.63) is 30.6 Å². The number of hydrogen-bond donors (Lipinski definition) is 2. The Kier molecular flexibility index (Phi) is 4.92. The summed E-state index contributed by atoms with van der Waals surface area (Å²) in [5.74, 6) is -2.12. The van der Waals surface area contributed by atoms with Crippen LogP contribution < -0.4 is 5.32 Å². The zero-order chi connectivity index (χ0) is 14.4. The molecule has 1 aromatic rings. The quantitative estimate of drug-likeness (QED) is 0.601. The molecule has 1 aliphatic carbocycles. The molecule has 1 amide bonds. The number of aryl methyl sites for hydroxylation is 1. The van der Waals surface area contributed by atoms with Gasteiger partial charge in [-0.3, -0.25) is 14.3 Å². The Hall–Kier alpha value is -2.11. The Balaban J connectivity index is 1.76. The second kappa shape index (κ2) is 6.88. The summed E-state index contributed by atoms with van der Waals surface area (Å²) < 4.78 is 1.80. The van der Waals surface area contributed by atoms with E-state index in [0.717, 1.165) is 13.0 Å². The molecule has 1 aromatic heterocycles. The van der Waals surface area contributed by atoms with E-state index in [0.29, 0.717) is 19.4 Å². The lowest BCUT2D eigenvalue weighted by molar-refractivity contribution is -0.147. The van der Waals surface area contributed by atoms with Crippen LogP contribution in [-0.4, -0.2) is 33.3 Å². The maximum atomic E-state index is 12.0. The Morgan fingerprint density at radius 1 is 1.30 bits per heavy atom. The summed E-state index contributed by atoms with van der Waals surface area (Å²) in [6.45, 7) is 1.27. The van der Waals surface area contributed by atoms with Crippen molar-refractivity contribution >= 4 is 11.9 Å². The summed E-state index contributed by atoms with van der Waals surface area (Å²) in [5, 5.41) is 16.0. The summed E-state index contributed by atoms with van der Waals surface area (Å²) in [7, 11) is 0. The standard InChI is InChI=1S/C14H19N3O3/c18-13(11-5-1-2-6-12(11)14(19)20)15-7-3-9-17-10-4-8-16-17/h1-2,4,8,10-12H,3,5-7,9H2,(H,15,18)(H,19,20)/t11-,12+/m1/s1. The van der Waals surface area contributed by atoms with Crippen LogP contribution >= 0.6 is 0 Å². The van der Waals surface area contributed by atoms with Crippen LogP contribution in [-0.2, 0) is 16.1 Å². The van der Waals surface area contributed by atoms with E-state index < -0.39 is 17.8 Å². The minimum absolute atomic E-state index is 0.165. The highest BCUT2D eigenvalue weighted by molar-refractivity contribution is 5.85. The first-order valence-corrected chi connectivity index (χ1v) is 6.81. The number of nitrogens with zero attached hydrogens (tertiary/aromatic N) is 2. The van der Waals surface area contributed by atoms with Gasteiger partial charge in [-0.05, 0) is 25.3 Å². The van der Waals surface area contributed by atoms with Gasteiger partial charge in [-0.25, -0.2) is 0 Å². The monoisotopic (exact) mass is 277 g/mol. The van der Waals surface area contributed by atoms with E-state index >= 15 is 0 Å². The van der Waals surface area contributed by atoms with E-state index in [-0.39, 0.29) is 5.91 Å². The number of carbonyl (C=O) groups is 2. The predicted molar refractivity (Wildman–Crippen MR) is 72.8 cm³/mol. The first kappa shape index (κ1) is 14.3. The molecule has 2 atom stereocenters. The largest absolute Gasteiger partial charge is 0.481 e. The average molecular weight is 277 g/mol. The first-order chi connectivity index (χ1) is 9.68. The van der Waals surface area contributed by atoms with Crippen molar-refractivity contribution in [2.45, 2.75) is 25.8 Å². The fourth-order valence-corrected chi connectivity index (χ4v) is 2.39. The smallest absolute Gasteiger partial charge is 0.307 e. The van der Waals surface area contributed by atoms with Crippen molar-refractivity contribution in [2.24, 2.45) is 11.8 Å². The summed E-state index contributed by atoms with van der Waals surface area (Å²) >= 11 is 0. The number of nitrogens with one attached hydrogen (secondary N) is 1. The lowest BCUT2D eigenvalue weighted by atomic mass is 9.82. The van der Waals surface area contributed by atoms with Crippen LogP contribution in [0.15, 0.2) is 30.6 Å². The van der Waals surface area contributed by atoms with Gasteiger partial charge in [-0.15, -0.1) is 0 Å². The van der Waals surface area contributed by atoms with Gasteiger partial charge in [0.15, 0.2) is 0 Å². The highest BCUT2D eigenvalue weighted by Crippen LogP contribution is 2.25. The number of allylic oxidation sites excluding steroid dienone is 2. The van der Waals surface area contributed by atoms with Gasteiger partial charge in [0.05, 0.1) is 11.8 Å². The molecule has 6 heteroatoms. The Labute approximate surface area is 117 Å². The van der Waals surface area contributed by atoms with Crippen molar-refractivity contribution in [1.82, 2.24) is 15.1 Å². The molecule has 20 heavy (non-hydrogen) atoms. The van der Waals surface area contributed by atoms with Gasteiger partial charge >= 0.3 is 5.97 Å². The maximum absolute atomic E-state index is 12.0. The minimum Gasteiger partial charge on any atom is -0.481 e. The van der Waals surface area contributed by atoms with Crippen LogP contribution in [0.3, 0.4) is 0 Å². The van der Waals surface area contributed by atoms with E-state index in [9.17, 15) is 9.59 Å². The zero-order valence-electron chi connectivity index (χ0n) is 11.2. The summed E-state index contributed by atoms with van der Waals surface area (Å²) in [6, 6.07) is 1.85. The number of rotatable bonds is 6. The van der Waals surface area contributed by atoms with Gasteiger partial charge in [0, 0.05) is 25.5 Å². The molecule has 108 valence electrons. The van der Waals surface area contributed by atoms with Crippen LogP contribution in [0.2, 0.25) is 0 Å². The number of carbonyl (C=O) groups excluding carboxylic acids is 1. The SMILES string of the molecule is O=C(O)[C@H]1CC=CC[C@H]1C(=O)NCCCn1cccn1. The van der Waals surface area contributed by atoms with Crippen molar-refractivity contribution in [3.63, 3.8) is 0 Å². The van der Waals surface area contributed by atoms with Crippen molar-refractivity contribution < 1.29 is 14.7 Å². The van der Waals surface area contributed by atoms with Crippen LogP contribution in [0, 0.1) is 11.8 Å². The third-order valence-corrected chi connectivity index (χ3v) is 3.51. The number of aromatic nitrogens is 2. The number of carboxylic acid groups (broad SMARTS) is 1. The summed E-state index contributed by atoms with van der Waals surface area (Å²) in [6.07, 6.45) is 9.00. The van der Waals surface area contributed by atoms with Gasteiger partial charge in [0.2, 0.25) is 5.91 Å². The fourth-order valence-electron chi connectivity index (χ4n) is 2.39. The molecule has 0 aromatic carbocycles. The van der Waals surface area contributed by atoms with Crippen LogP contribution in [0.1, 0.15) is 19.3 Å². The molecule has 0 spiro atoms. The molecule has 0 aliphatic heterocycles. The molecule has 0 radical (unpaired) electrons. The molecule has 0 saturated heterocycles. The number of amides is 1. The third-order valence-electron chi connectivity index (χ3n) is 3.51. The van der Waals surface area contributed by atoms with Gasteiger partial charge < -0.3 is 10.4 Å². The van der Waals surface area contributed by atoms with E-state index in [1.54, 1.807) is 10.9 Å². The van der Waals surface area contributed by atoms with Gasteiger partial charge in [0.1, 0.15) is 0 Å². The Bertz CT molecular complexity index is 482. The molecular weight excluding hydrogens is 258 g/mol. The third kappa shape index (κ3) is 3.69. The molecule has 0 unspecified atom stereocenters. The van der Waals surface area contributed by atoms with Crippen molar-refractivity contribution in [3.8, 4) is 0 Å². The fraction of sp³-hybridized carbons (Fsp3) is 0.500. The normalized spacial score (nSPS) is 21.6. The first-order valence-electron chi connectivity index (χ1n) is 6.81. The molecule has 0 saturated carbocycles. The van der Waals surface area contributed by atoms with Crippen LogP contribution in [0.25, 0.3) is 0 Å². The highest BCUT2D eigenvalue weighted by atomic mass is 16.4. The molecule has 1 aliphatic rings.